The first kappa shape index (κ1) is 10.5. The lowest BCUT2D eigenvalue weighted by molar-refractivity contribution is 0.0917. The normalized spacial score (nSPS) is 11.1. The van der Waals surface area contributed by atoms with Gasteiger partial charge in [0.2, 0.25) is 0 Å². The topological polar surface area (TPSA) is 59.3 Å². The van der Waals surface area contributed by atoms with Crippen molar-refractivity contribution in [2.24, 2.45) is 0 Å². The Morgan fingerprint density at radius 1 is 1.36 bits per heavy atom. The zero-order valence-corrected chi connectivity index (χ0v) is 8.46. The van der Waals surface area contributed by atoms with Crippen molar-refractivity contribution in [3.63, 3.8) is 0 Å². The predicted molar refractivity (Wildman–Crippen MR) is 52.2 cm³/mol. The molecule has 0 aromatic carbocycles. The van der Waals surface area contributed by atoms with Crippen molar-refractivity contribution in [2.75, 3.05) is 0 Å². The number of hydrogen-bond donors (Lipinski definition) is 1. The molecule has 14 heavy (non-hydrogen) atoms. The number of carbonyl (C=O) groups excluding carboxylic acids is 1. The summed E-state index contributed by atoms with van der Waals surface area (Å²) in [6.45, 7) is 5.64. The van der Waals surface area contributed by atoms with E-state index in [0.717, 1.165) is 6.26 Å². The van der Waals surface area contributed by atoms with E-state index in [1.165, 1.54) is 12.1 Å². The van der Waals surface area contributed by atoms with E-state index < -0.39 is 5.63 Å². The highest BCUT2D eigenvalue weighted by Crippen LogP contribution is 2.02. The summed E-state index contributed by atoms with van der Waals surface area (Å²) in [5.41, 5.74) is -0.412. The van der Waals surface area contributed by atoms with Crippen LogP contribution in [0.5, 0.6) is 0 Å². The molecule has 0 fully saturated rings. The first-order chi connectivity index (χ1) is 6.38. The van der Waals surface area contributed by atoms with E-state index in [4.69, 9.17) is 0 Å². The lowest BCUT2D eigenvalue weighted by Gasteiger charge is -2.20. The molecule has 0 saturated heterocycles. The summed E-state index contributed by atoms with van der Waals surface area (Å²) in [6, 6.07) is 2.66. The zero-order chi connectivity index (χ0) is 10.8. The molecule has 1 aromatic rings. The summed E-state index contributed by atoms with van der Waals surface area (Å²) in [4.78, 5) is 22.1. The maximum absolute atomic E-state index is 11.5. The van der Waals surface area contributed by atoms with Crippen LogP contribution in [0.15, 0.2) is 27.6 Å². The Morgan fingerprint density at radius 2 is 2.00 bits per heavy atom. The molecule has 1 aromatic heterocycles. The Morgan fingerprint density at radius 3 is 2.43 bits per heavy atom. The van der Waals surface area contributed by atoms with Gasteiger partial charge in [-0.15, -0.1) is 0 Å². The first-order valence-electron chi connectivity index (χ1n) is 4.30. The molecule has 1 amide bonds. The standard InChI is InChI=1S/C10H13NO3/c1-10(2,3)11-9(13)7-4-5-8(12)14-6-7/h4-6H,1-3H3,(H,11,13). The van der Waals surface area contributed by atoms with Crippen LogP contribution < -0.4 is 10.9 Å². The average Bonchev–Trinajstić information content (AvgIpc) is 2.02. The van der Waals surface area contributed by atoms with E-state index in [0.29, 0.717) is 5.56 Å². The van der Waals surface area contributed by atoms with Crippen molar-refractivity contribution in [3.05, 3.63) is 34.4 Å². The highest BCUT2D eigenvalue weighted by molar-refractivity contribution is 5.94. The third kappa shape index (κ3) is 3.05. The fraction of sp³-hybridized carbons (Fsp3) is 0.400. The monoisotopic (exact) mass is 195 g/mol. The molecule has 0 aliphatic heterocycles. The minimum atomic E-state index is -0.461. The second-order valence-electron chi connectivity index (χ2n) is 4.05. The molecule has 0 aliphatic carbocycles. The van der Waals surface area contributed by atoms with Crippen LogP contribution in [0.2, 0.25) is 0 Å². The Kier molecular flexibility index (Phi) is 2.74. The van der Waals surface area contributed by atoms with Crippen LogP contribution in [0.25, 0.3) is 0 Å². The number of hydrogen-bond acceptors (Lipinski definition) is 3. The summed E-state index contributed by atoms with van der Waals surface area (Å²) < 4.78 is 4.58. The van der Waals surface area contributed by atoms with E-state index in [9.17, 15) is 9.59 Å². The van der Waals surface area contributed by atoms with Crippen LogP contribution in [0, 0.1) is 0 Å². The lowest BCUT2D eigenvalue weighted by atomic mass is 10.1. The van der Waals surface area contributed by atoms with Gasteiger partial charge < -0.3 is 9.73 Å². The molecule has 4 heteroatoms. The number of rotatable bonds is 1. The molecule has 4 nitrogen and oxygen atoms in total. The van der Waals surface area contributed by atoms with Crippen molar-refractivity contribution < 1.29 is 9.21 Å². The van der Waals surface area contributed by atoms with Crippen molar-refractivity contribution >= 4 is 5.91 Å². The number of nitrogens with one attached hydrogen (secondary N) is 1. The highest BCUT2D eigenvalue weighted by Gasteiger charge is 2.15. The maximum atomic E-state index is 11.5. The summed E-state index contributed by atoms with van der Waals surface area (Å²) in [6.07, 6.45) is 1.16. The first-order valence-corrected chi connectivity index (χ1v) is 4.30. The van der Waals surface area contributed by atoms with Gasteiger partial charge in [-0.3, -0.25) is 4.79 Å². The lowest BCUT2D eigenvalue weighted by Crippen LogP contribution is -2.40. The van der Waals surface area contributed by atoms with Gasteiger partial charge in [0.05, 0.1) is 5.56 Å². The van der Waals surface area contributed by atoms with Crippen LogP contribution >= 0.6 is 0 Å². The Labute approximate surface area is 81.9 Å². The third-order valence-electron chi connectivity index (χ3n) is 1.45. The SMILES string of the molecule is CC(C)(C)NC(=O)c1ccc(=O)oc1. The molecule has 1 N–H and O–H groups in total. The zero-order valence-electron chi connectivity index (χ0n) is 8.46. The average molecular weight is 195 g/mol. The van der Waals surface area contributed by atoms with Gasteiger partial charge in [-0.2, -0.15) is 0 Å². The molecule has 0 aliphatic rings. The molecule has 0 unspecified atom stereocenters. The van der Waals surface area contributed by atoms with Gasteiger partial charge in [0, 0.05) is 11.6 Å². The molecule has 0 atom stereocenters. The van der Waals surface area contributed by atoms with Crippen molar-refractivity contribution in [3.8, 4) is 0 Å². The molecular weight excluding hydrogens is 182 g/mol. The Bertz CT molecular complexity index is 367. The molecule has 76 valence electrons. The summed E-state index contributed by atoms with van der Waals surface area (Å²) in [5.74, 6) is -0.249. The minimum absolute atomic E-state index is 0.249. The van der Waals surface area contributed by atoms with Crippen molar-refractivity contribution in [2.45, 2.75) is 26.3 Å². The minimum Gasteiger partial charge on any atom is -0.430 e. The van der Waals surface area contributed by atoms with E-state index >= 15 is 0 Å². The molecule has 1 heterocycles. The van der Waals surface area contributed by atoms with Crippen LogP contribution in [-0.2, 0) is 0 Å². The quantitative estimate of drug-likeness (QED) is 0.731. The van der Waals surface area contributed by atoms with Gasteiger partial charge in [-0.25, -0.2) is 4.79 Å². The van der Waals surface area contributed by atoms with Gasteiger partial charge in [0.15, 0.2) is 0 Å². The number of amides is 1. The molecular formula is C10H13NO3. The second-order valence-corrected chi connectivity index (χ2v) is 4.05. The fourth-order valence-electron chi connectivity index (χ4n) is 0.900. The van der Waals surface area contributed by atoms with Crippen molar-refractivity contribution in [1.82, 2.24) is 5.32 Å². The highest BCUT2D eigenvalue weighted by atomic mass is 16.4. The Hall–Kier alpha value is -1.58. The van der Waals surface area contributed by atoms with Gasteiger partial charge >= 0.3 is 5.63 Å². The summed E-state index contributed by atoms with van der Waals surface area (Å²) in [5, 5.41) is 2.75. The molecule has 0 spiro atoms. The molecule has 0 bridgehead atoms. The maximum Gasteiger partial charge on any atom is 0.335 e. The summed E-state index contributed by atoms with van der Waals surface area (Å²) in [7, 11) is 0. The third-order valence-corrected chi connectivity index (χ3v) is 1.45. The van der Waals surface area contributed by atoms with E-state index in [1.807, 2.05) is 20.8 Å². The van der Waals surface area contributed by atoms with Crippen LogP contribution in [-0.4, -0.2) is 11.4 Å². The van der Waals surface area contributed by atoms with Crippen LogP contribution in [0.1, 0.15) is 31.1 Å². The molecule has 0 radical (unpaired) electrons. The smallest absolute Gasteiger partial charge is 0.335 e. The van der Waals surface area contributed by atoms with E-state index in [-0.39, 0.29) is 11.4 Å². The van der Waals surface area contributed by atoms with Gasteiger partial charge in [-0.1, -0.05) is 0 Å². The van der Waals surface area contributed by atoms with Crippen LogP contribution in [0.3, 0.4) is 0 Å². The van der Waals surface area contributed by atoms with Gasteiger partial charge in [-0.05, 0) is 26.8 Å². The van der Waals surface area contributed by atoms with Crippen molar-refractivity contribution in [1.29, 1.82) is 0 Å². The van der Waals surface area contributed by atoms with E-state index in [2.05, 4.69) is 9.73 Å². The van der Waals surface area contributed by atoms with Crippen LogP contribution in [0.4, 0.5) is 0 Å². The Balaban J connectivity index is 2.81. The second kappa shape index (κ2) is 3.65. The number of carbonyl (C=O) groups is 1. The molecule has 1 rings (SSSR count). The fourth-order valence-corrected chi connectivity index (χ4v) is 0.900. The van der Waals surface area contributed by atoms with E-state index in [1.54, 1.807) is 0 Å². The summed E-state index contributed by atoms with van der Waals surface area (Å²) >= 11 is 0. The predicted octanol–water partition coefficient (Wildman–Crippen LogP) is 1.17. The largest absolute Gasteiger partial charge is 0.430 e. The van der Waals surface area contributed by atoms with Gasteiger partial charge in [0.25, 0.3) is 5.91 Å². The van der Waals surface area contributed by atoms with Gasteiger partial charge in [0.1, 0.15) is 6.26 Å². The molecule has 0 saturated carbocycles.